The fraction of sp³-hybridized carbons (Fsp3) is 0.375. The molecule has 0 radical (unpaired) electrons. The summed E-state index contributed by atoms with van der Waals surface area (Å²) in [5.74, 6) is 0.591. The number of nitrogens with zero attached hydrogens (tertiary/aromatic N) is 1. The third kappa shape index (κ3) is 6.03. The third-order valence-corrected chi connectivity index (χ3v) is 5.63. The zero-order valence-electron chi connectivity index (χ0n) is 18.3. The molecule has 1 aromatic heterocycles. The fourth-order valence-electron chi connectivity index (χ4n) is 3.82. The fourth-order valence-corrected chi connectivity index (χ4v) is 3.99. The summed E-state index contributed by atoms with van der Waals surface area (Å²) in [6, 6.07) is 13.0. The molecule has 2 heterocycles. The number of amides is 1. The number of methoxy groups -OCH3 is 1. The van der Waals surface area contributed by atoms with Crippen LogP contribution in [-0.2, 0) is 16.0 Å². The second-order valence-corrected chi connectivity index (χ2v) is 8.04. The largest absolute Gasteiger partial charge is 0.491 e. The summed E-state index contributed by atoms with van der Waals surface area (Å²) in [6.07, 6.45) is 0.739. The molecule has 0 fully saturated rings. The van der Waals surface area contributed by atoms with Crippen molar-refractivity contribution in [1.82, 2.24) is 9.88 Å². The van der Waals surface area contributed by atoms with Gasteiger partial charge in [0.05, 0.1) is 19.3 Å². The Morgan fingerprint density at radius 2 is 2.06 bits per heavy atom. The average Bonchev–Trinajstić information content (AvgIpc) is 3.21. The highest BCUT2D eigenvalue weighted by Gasteiger charge is 2.31. The molecule has 0 spiro atoms. The molecule has 1 aliphatic heterocycles. The summed E-state index contributed by atoms with van der Waals surface area (Å²) in [7, 11) is 1.47. The molecule has 178 valence electrons. The van der Waals surface area contributed by atoms with Crippen LogP contribution in [0.4, 0.5) is 4.39 Å². The minimum absolute atomic E-state index is 0.0205. The molecule has 33 heavy (non-hydrogen) atoms. The van der Waals surface area contributed by atoms with Gasteiger partial charge in [-0.3, -0.25) is 4.79 Å². The lowest BCUT2D eigenvalue weighted by atomic mass is 9.93. The van der Waals surface area contributed by atoms with E-state index < -0.39 is 6.10 Å². The van der Waals surface area contributed by atoms with Gasteiger partial charge < -0.3 is 29.6 Å². The number of alkyl halides is 1. The summed E-state index contributed by atoms with van der Waals surface area (Å²) < 4.78 is 20.7. The number of benzene rings is 2. The predicted octanol–water partition coefficient (Wildman–Crippen LogP) is 3.26. The number of carbonyl (C=O) groups is 1. The maximum atomic E-state index is 11.7. The summed E-state index contributed by atoms with van der Waals surface area (Å²) >= 11 is 6.18. The average molecular weight is 479 g/mol. The first-order chi connectivity index (χ1) is 16.0. The lowest BCUT2D eigenvalue weighted by molar-refractivity contribution is -0.120. The maximum absolute atomic E-state index is 11.7. The van der Waals surface area contributed by atoms with Crippen molar-refractivity contribution in [2.24, 2.45) is 0 Å². The molecular formula is C24H28ClFN2O5. The van der Waals surface area contributed by atoms with Crippen LogP contribution in [0.3, 0.4) is 0 Å². The standard InChI is InChI=1S/C21H21ClN2O4.C3H7FO/c22-14-3-6-19-18(9-14)17-7-8-24(12-26)21(20(17)23-19)13-1-4-16(5-2-13)28-11-15(27)10-25;1-5-3-2-4/h1-6,9,12,15,21,23,25,27H,7-8,10-11H2;2-3H2,1H3. The van der Waals surface area contributed by atoms with Crippen LogP contribution >= 0.6 is 11.6 Å². The lowest BCUT2D eigenvalue weighted by Crippen LogP contribution is -2.34. The molecule has 0 bridgehead atoms. The predicted molar refractivity (Wildman–Crippen MR) is 125 cm³/mol. The molecule has 2 unspecified atom stereocenters. The SMILES string of the molecule is COCCF.O=CN1CCc2c([nH]c3ccc(Cl)cc23)C1c1ccc(OCC(O)CO)cc1. The molecule has 0 aliphatic carbocycles. The van der Waals surface area contributed by atoms with Gasteiger partial charge in [0.25, 0.3) is 0 Å². The van der Waals surface area contributed by atoms with Crippen LogP contribution in [0.25, 0.3) is 10.9 Å². The smallest absolute Gasteiger partial charge is 0.210 e. The Morgan fingerprint density at radius 3 is 2.67 bits per heavy atom. The van der Waals surface area contributed by atoms with Crippen LogP contribution in [0.15, 0.2) is 42.5 Å². The van der Waals surface area contributed by atoms with E-state index in [1.165, 1.54) is 12.7 Å². The van der Waals surface area contributed by atoms with Crippen LogP contribution in [0.1, 0.15) is 22.9 Å². The first kappa shape index (κ1) is 25.0. The number of hydrogen-bond donors (Lipinski definition) is 3. The van der Waals surface area contributed by atoms with Crippen molar-refractivity contribution in [2.75, 3.05) is 40.1 Å². The van der Waals surface area contributed by atoms with Crippen molar-refractivity contribution in [1.29, 1.82) is 0 Å². The number of carbonyl (C=O) groups excluding carboxylic acids is 1. The van der Waals surface area contributed by atoms with E-state index in [-0.39, 0.29) is 32.5 Å². The molecule has 0 saturated heterocycles. The topological polar surface area (TPSA) is 95.0 Å². The molecule has 1 amide bonds. The Kier molecular flexibility index (Phi) is 9.08. The summed E-state index contributed by atoms with van der Waals surface area (Å²) in [5, 5.41) is 20.1. The minimum atomic E-state index is -0.913. The molecule has 7 nitrogen and oxygen atoms in total. The van der Waals surface area contributed by atoms with Gasteiger partial charge in [-0.2, -0.15) is 0 Å². The Bertz CT molecular complexity index is 1040. The molecule has 1 aliphatic rings. The van der Waals surface area contributed by atoms with Crippen molar-refractivity contribution < 1.29 is 28.9 Å². The van der Waals surface area contributed by atoms with Gasteiger partial charge in [-0.25, -0.2) is 4.39 Å². The Morgan fingerprint density at radius 1 is 1.30 bits per heavy atom. The Balaban J connectivity index is 0.000000555. The van der Waals surface area contributed by atoms with Gasteiger partial charge in [0, 0.05) is 35.3 Å². The normalized spacial score (nSPS) is 16.0. The van der Waals surface area contributed by atoms with Gasteiger partial charge in [-0.05, 0) is 47.9 Å². The number of rotatable bonds is 8. The number of aliphatic hydroxyl groups is 2. The van der Waals surface area contributed by atoms with E-state index in [0.29, 0.717) is 17.3 Å². The van der Waals surface area contributed by atoms with E-state index in [2.05, 4.69) is 9.72 Å². The number of aromatic amines is 1. The van der Waals surface area contributed by atoms with E-state index in [0.717, 1.165) is 35.0 Å². The van der Waals surface area contributed by atoms with Gasteiger partial charge in [0.15, 0.2) is 0 Å². The molecule has 4 rings (SSSR count). The van der Waals surface area contributed by atoms with E-state index >= 15 is 0 Å². The van der Waals surface area contributed by atoms with Crippen molar-refractivity contribution in [3.05, 3.63) is 64.3 Å². The van der Waals surface area contributed by atoms with Crippen LogP contribution in [-0.4, -0.2) is 72.8 Å². The lowest BCUT2D eigenvalue weighted by Gasteiger charge is -2.33. The quantitative estimate of drug-likeness (QED) is 0.432. The van der Waals surface area contributed by atoms with Crippen LogP contribution in [0.2, 0.25) is 5.02 Å². The van der Waals surface area contributed by atoms with E-state index in [1.54, 1.807) is 17.0 Å². The number of fused-ring (bicyclic) bond motifs is 3. The van der Waals surface area contributed by atoms with Gasteiger partial charge in [0.1, 0.15) is 25.1 Å². The number of aromatic nitrogens is 1. The van der Waals surface area contributed by atoms with E-state index in [9.17, 15) is 14.3 Å². The van der Waals surface area contributed by atoms with Crippen molar-refractivity contribution >= 4 is 28.9 Å². The third-order valence-electron chi connectivity index (χ3n) is 5.39. The highest BCUT2D eigenvalue weighted by Crippen LogP contribution is 2.38. The van der Waals surface area contributed by atoms with E-state index in [4.69, 9.17) is 21.4 Å². The van der Waals surface area contributed by atoms with Crippen molar-refractivity contribution in [3.63, 3.8) is 0 Å². The summed E-state index contributed by atoms with van der Waals surface area (Å²) in [6.45, 7) is 0.145. The number of halogens is 2. The zero-order valence-corrected chi connectivity index (χ0v) is 19.1. The molecule has 3 aromatic rings. The second kappa shape index (κ2) is 12.0. The number of aliphatic hydroxyl groups excluding tert-OH is 2. The van der Waals surface area contributed by atoms with Crippen LogP contribution < -0.4 is 4.74 Å². The van der Waals surface area contributed by atoms with Crippen molar-refractivity contribution in [3.8, 4) is 5.75 Å². The Hall–Kier alpha value is -2.65. The number of hydrogen-bond acceptors (Lipinski definition) is 5. The minimum Gasteiger partial charge on any atom is -0.491 e. The van der Waals surface area contributed by atoms with Gasteiger partial charge in [-0.1, -0.05) is 23.7 Å². The number of H-pyrrole nitrogens is 1. The molecule has 0 saturated carbocycles. The van der Waals surface area contributed by atoms with E-state index in [1.807, 2.05) is 30.3 Å². The highest BCUT2D eigenvalue weighted by atomic mass is 35.5. The molecule has 9 heteroatoms. The number of nitrogens with one attached hydrogen (secondary N) is 1. The zero-order chi connectivity index (χ0) is 23.8. The first-order valence-electron chi connectivity index (χ1n) is 10.6. The van der Waals surface area contributed by atoms with Gasteiger partial charge >= 0.3 is 0 Å². The molecule has 2 atom stereocenters. The van der Waals surface area contributed by atoms with Crippen LogP contribution in [0, 0.1) is 0 Å². The molecular weight excluding hydrogens is 451 g/mol. The molecule has 2 aromatic carbocycles. The number of ether oxygens (including phenoxy) is 2. The first-order valence-corrected chi connectivity index (χ1v) is 11.0. The van der Waals surface area contributed by atoms with Crippen LogP contribution in [0.5, 0.6) is 5.75 Å². The summed E-state index contributed by atoms with van der Waals surface area (Å²) in [5.41, 5.74) is 4.15. The van der Waals surface area contributed by atoms with Crippen molar-refractivity contribution in [2.45, 2.75) is 18.6 Å². The highest BCUT2D eigenvalue weighted by molar-refractivity contribution is 6.31. The summed E-state index contributed by atoms with van der Waals surface area (Å²) in [4.78, 5) is 17.0. The molecule has 3 N–H and O–H groups in total. The second-order valence-electron chi connectivity index (χ2n) is 7.60. The Labute approximate surface area is 196 Å². The van der Waals surface area contributed by atoms with Gasteiger partial charge in [-0.15, -0.1) is 0 Å². The monoisotopic (exact) mass is 478 g/mol. The van der Waals surface area contributed by atoms with Gasteiger partial charge in [0.2, 0.25) is 6.41 Å². The maximum Gasteiger partial charge on any atom is 0.210 e.